The normalized spacial score (nSPS) is 27.5. The van der Waals surface area contributed by atoms with Crippen molar-refractivity contribution in [3.8, 4) is 0 Å². The van der Waals surface area contributed by atoms with Crippen molar-refractivity contribution in [3.05, 3.63) is 0 Å². The van der Waals surface area contributed by atoms with Crippen LogP contribution >= 0.6 is 0 Å². The fourth-order valence-electron chi connectivity index (χ4n) is 3.04. The second-order valence-electron chi connectivity index (χ2n) is 7.32. The van der Waals surface area contributed by atoms with Crippen LogP contribution in [0.15, 0.2) is 0 Å². The molecular weight excluding hydrogens is 266 g/mol. The average Bonchev–Trinajstić information content (AvgIpc) is 2.78. The number of likely N-dealkylation sites (tertiary alicyclic amines) is 1. The van der Waals surface area contributed by atoms with Gasteiger partial charge in [0, 0.05) is 31.7 Å². The van der Waals surface area contributed by atoms with Crippen LogP contribution in [0.25, 0.3) is 0 Å². The Kier molecular flexibility index (Phi) is 5.88. The SMILES string of the molecule is CC(C)(C)OC(=O)N1CCCCC(NCC2CCCN2)C1. The summed E-state index contributed by atoms with van der Waals surface area (Å²) in [5, 5.41) is 7.15. The lowest BCUT2D eigenvalue weighted by Crippen LogP contribution is -2.47. The highest BCUT2D eigenvalue weighted by Crippen LogP contribution is 2.16. The van der Waals surface area contributed by atoms with Gasteiger partial charge in [-0.3, -0.25) is 0 Å². The summed E-state index contributed by atoms with van der Waals surface area (Å²) in [5.41, 5.74) is -0.417. The molecule has 1 amide bonds. The van der Waals surface area contributed by atoms with Gasteiger partial charge < -0.3 is 20.3 Å². The fourth-order valence-corrected chi connectivity index (χ4v) is 3.04. The molecule has 2 aliphatic rings. The van der Waals surface area contributed by atoms with E-state index in [4.69, 9.17) is 4.74 Å². The smallest absolute Gasteiger partial charge is 0.410 e. The Bertz CT molecular complexity index is 335. The topological polar surface area (TPSA) is 53.6 Å². The van der Waals surface area contributed by atoms with Crippen molar-refractivity contribution in [1.29, 1.82) is 0 Å². The standard InChI is InChI=1S/C16H31N3O2/c1-16(2,3)21-15(20)19-10-5-4-7-14(12-19)18-11-13-8-6-9-17-13/h13-14,17-18H,4-12H2,1-3H3. The van der Waals surface area contributed by atoms with Crippen LogP contribution in [0.4, 0.5) is 4.79 Å². The second kappa shape index (κ2) is 7.45. The summed E-state index contributed by atoms with van der Waals surface area (Å²) < 4.78 is 5.51. The number of nitrogens with one attached hydrogen (secondary N) is 2. The number of ether oxygens (including phenoxy) is 1. The van der Waals surface area contributed by atoms with E-state index >= 15 is 0 Å². The molecule has 0 aromatic heterocycles. The van der Waals surface area contributed by atoms with Gasteiger partial charge in [-0.15, -0.1) is 0 Å². The summed E-state index contributed by atoms with van der Waals surface area (Å²) in [6.07, 6.45) is 5.76. The molecule has 0 radical (unpaired) electrons. The van der Waals surface area contributed by atoms with E-state index in [9.17, 15) is 4.79 Å². The third kappa shape index (κ3) is 5.83. The maximum Gasteiger partial charge on any atom is 0.410 e. The van der Waals surface area contributed by atoms with E-state index in [0.29, 0.717) is 12.1 Å². The molecule has 2 rings (SSSR count). The zero-order chi connectivity index (χ0) is 15.3. The van der Waals surface area contributed by atoms with E-state index in [-0.39, 0.29) is 6.09 Å². The molecule has 0 aromatic rings. The van der Waals surface area contributed by atoms with E-state index in [2.05, 4.69) is 10.6 Å². The molecule has 2 unspecified atom stereocenters. The Morgan fingerprint density at radius 1 is 1.29 bits per heavy atom. The predicted octanol–water partition coefficient (Wildman–Crippen LogP) is 2.12. The van der Waals surface area contributed by atoms with Crippen molar-refractivity contribution in [2.24, 2.45) is 0 Å². The van der Waals surface area contributed by atoms with E-state index < -0.39 is 5.60 Å². The summed E-state index contributed by atoms with van der Waals surface area (Å²) in [5.74, 6) is 0. The van der Waals surface area contributed by atoms with Gasteiger partial charge in [0.15, 0.2) is 0 Å². The van der Waals surface area contributed by atoms with Gasteiger partial charge in [0.05, 0.1) is 0 Å². The Morgan fingerprint density at radius 2 is 2.10 bits per heavy atom. The van der Waals surface area contributed by atoms with Gasteiger partial charge in [-0.05, 0) is 53.0 Å². The highest BCUT2D eigenvalue weighted by atomic mass is 16.6. The second-order valence-corrected chi connectivity index (χ2v) is 7.32. The fraction of sp³-hybridized carbons (Fsp3) is 0.938. The number of carbonyl (C=O) groups is 1. The number of carbonyl (C=O) groups excluding carboxylic acids is 1. The van der Waals surface area contributed by atoms with Gasteiger partial charge in [0.1, 0.15) is 5.60 Å². The third-order valence-corrected chi connectivity index (χ3v) is 4.14. The van der Waals surface area contributed by atoms with E-state index in [1.54, 1.807) is 0 Å². The molecule has 2 saturated heterocycles. The molecule has 2 aliphatic heterocycles. The largest absolute Gasteiger partial charge is 0.444 e. The predicted molar refractivity (Wildman–Crippen MR) is 84.5 cm³/mol. The van der Waals surface area contributed by atoms with Crippen LogP contribution in [-0.4, -0.2) is 54.9 Å². The summed E-state index contributed by atoms with van der Waals surface area (Å²) in [6, 6.07) is 0.991. The minimum absolute atomic E-state index is 0.171. The van der Waals surface area contributed by atoms with Crippen LogP contribution in [-0.2, 0) is 4.74 Å². The summed E-state index contributed by atoms with van der Waals surface area (Å²) in [7, 11) is 0. The molecule has 2 N–H and O–H groups in total. The zero-order valence-electron chi connectivity index (χ0n) is 13.8. The molecule has 0 aliphatic carbocycles. The Hall–Kier alpha value is -0.810. The average molecular weight is 297 g/mol. The lowest BCUT2D eigenvalue weighted by molar-refractivity contribution is 0.0243. The molecule has 0 saturated carbocycles. The molecule has 0 spiro atoms. The molecule has 5 nitrogen and oxygen atoms in total. The van der Waals surface area contributed by atoms with Crippen molar-refractivity contribution in [2.45, 2.75) is 70.6 Å². The summed E-state index contributed by atoms with van der Waals surface area (Å²) in [6.45, 7) is 9.49. The number of hydrogen-bond acceptors (Lipinski definition) is 4. The molecular formula is C16H31N3O2. The molecule has 0 bridgehead atoms. The van der Waals surface area contributed by atoms with Gasteiger partial charge >= 0.3 is 6.09 Å². The van der Waals surface area contributed by atoms with E-state index in [1.165, 1.54) is 19.3 Å². The van der Waals surface area contributed by atoms with Crippen LogP contribution < -0.4 is 10.6 Å². The Morgan fingerprint density at radius 3 is 2.76 bits per heavy atom. The van der Waals surface area contributed by atoms with Crippen molar-refractivity contribution in [1.82, 2.24) is 15.5 Å². The molecule has 2 atom stereocenters. The van der Waals surface area contributed by atoms with Gasteiger partial charge in [-0.2, -0.15) is 0 Å². The summed E-state index contributed by atoms with van der Waals surface area (Å²) in [4.78, 5) is 14.1. The minimum atomic E-state index is -0.417. The van der Waals surface area contributed by atoms with Gasteiger partial charge in [0.2, 0.25) is 0 Å². The number of rotatable bonds is 3. The molecule has 2 heterocycles. The monoisotopic (exact) mass is 297 g/mol. The van der Waals surface area contributed by atoms with Crippen molar-refractivity contribution in [3.63, 3.8) is 0 Å². The maximum absolute atomic E-state index is 12.2. The highest BCUT2D eigenvalue weighted by Gasteiger charge is 2.26. The first kappa shape index (κ1) is 16.6. The maximum atomic E-state index is 12.2. The van der Waals surface area contributed by atoms with Crippen LogP contribution in [0.3, 0.4) is 0 Å². The quantitative estimate of drug-likeness (QED) is 0.838. The number of hydrogen-bond donors (Lipinski definition) is 2. The van der Waals surface area contributed by atoms with Crippen molar-refractivity contribution >= 4 is 6.09 Å². The van der Waals surface area contributed by atoms with Crippen LogP contribution in [0.1, 0.15) is 52.9 Å². The Labute approximate surface area is 128 Å². The van der Waals surface area contributed by atoms with Gasteiger partial charge in [-0.1, -0.05) is 6.42 Å². The first-order valence-corrected chi connectivity index (χ1v) is 8.39. The van der Waals surface area contributed by atoms with Gasteiger partial charge in [0.25, 0.3) is 0 Å². The zero-order valence-corrected chi connectivity index (χ0v) is 13.8. The first-order valence-electron chi connectivity index (χ1n) is 8.39. The molecule has 0 aromatic carbocycles. The number of nitrogens with zero attached hydrogens (tertiary/aromatic N) is 1. The van der Waals surface area contributed by atoms with Crippen LogP contribution in [0, 0.1) is 0 Å². The Balaban J connectivity index is 1.80. The molecule has 5 heteroatoms. The number of amides is 1. The molecule has 122 valence electrons. The third-order valence-electron chi connectivity index (χ3n) is 4.14. The van der Waals surface area contributed by atoms with Crippen molar-refractivity contribution in [2.75, 3.05) is 26.2 Å². The van der Waals surface area contributed by atoms with E-state index in [0.717, 1.165) is 39.0 Å². The first-order chi connectivity index (χ1) is 9.94. The van der Waals surface area contributed by atoms with Gasteiger partial charge in [-0.25, -0.2) is 4.79 Å². The lowest BCUT2D eigenvalue weighted by atomic mass is 10.1. The minimum Gasteiger partial charge on any atom is -0.444 e. The molecule has 21 heavy (non-hydrogen) atoms. The molecule has 2 fully saturated rings. The highest BCUT2D eigenvalue weighted by molar-refractivity contribution is 5.68. The summed E-state index contributed by atoms with van der Waals surface area (Å²) >= 11 is 0. The van der Waals surface area contributed by atoms with Crippen LogP contribution in [0.2, 0.25) is 0 Å². The van der Waals surface area contributed by atoms with E-state index in [1.807, 2.05) is 25.7 Å². The van der Waals surface area contributed by atoms with Crippen molar-refractivity contribution < 1.29 is 9.53 Å². The lowest BCUT2D eigenvalue weighted by Gasteiger charge is -2.29. The van der Waals surface area contributed by atoms with Crippen LogP contribution in [0.5, 0.6) is 0 Å².